The molecule has 2 aromatic heterocycles. The van der Waals surface area contributed by atoms with E-state index >= 15 is 0 Å². The van der Waals surface area contributed by atoms with Gasteiger partial charge in [0.05, 0.1) is 12.7 Å². The van der Waals surface area contributed by atoms with Gasteiger partial charge in [0.25, 0.3) is 5.91 Å². The number of carbonyl (C=O) groups is 1. The van der Waals surface area contributed by atoms with Crippen molar-refractivity contribution in [1.82, 2.24) is 19.8 Å². The maximum Gasteiger partial charge on any atom is 0.259 e. The zero-order valence-electron chi connectivity index (χ0n) is 16.3. The average Bonchev–Trinajstić information content (AvgIpc) is 3.35. The second-order valence-electron chi connectivity index (χ2n) is 6.78. The third-order valence-electron chi connectivity index (χ3n) is 4.83. The molecule has 0 aliphatic rings. The Morgan fingerprint density at radius 3 is 2.60 bits per heavy atom. The van der Waals surface area contributed by atoms with Crippen LogP contribution in [0.15, 0.2) is 60.7 Å². The lowest BCUT2D eigenvalue weighted by atomic mass is 10.1. The van der Waals surface area contributed by atoms with E-state index in [1.54, 1.807) is 11.6 Å². The molecule has 148 valence electrons. The molecule has 0 radical (unpaired) electrons. The van der Waals surface area contributed by atoms with Crippen molar-refractivity contribution in [2.45, 2.75) is 6.92 Å². The normalized spacial score (nSPS) is 11.1. The molecular formula is C22H17N5O2S. The first-order valence-corrected chi connectivity index (χ1v) is 10.1. The summed E-state index contributed by atoms with van der Waals surface area (Å²) in [7, 11) is 1.57. The quantitative estimate of drug-likeness (QED) is 0.465. The zero-order chi connectivity index (χ0) is 20.7. The van der Waals surface area contributed by atoms with Gasteiger partial charge < -0.3 is 10.1 Å². The maximum atomic E-state index is 13.0. The number of fused-ring (bicyclic) bond motifs is 2. The number of hydrogen-bond donors (Lipinski definition) is 1. The second-order valence-corrected chi connectivity index (χ2v) is 7.74. The first-order chi connectivity index (χ1) is 14.6. The SMILES string of the molecule is COc1cc2ccccc2cc1C(=O)Nc1cccc(-c2nn3c(C)nnc3s2)c1. The molecular weight excluding hydrogens is 398 g/mol. The van der Waals surface area contributed by atoms with E-state index < -0.39 is 0 Å². The lowest BCUT2D eigenvalue weighted by Gasteiger charge is -2.11. The number of nitrogens with zero attached hydrogens (tertiary/aromatic N) is 4. The number of anilines is 1. The van der Waals surface area contributed by atoms with E-state index in [9.17, 15) is 4.79 Å². The molecule has 1 amide bonds. The van der Waals surface area contributed by atoms with Gasteiger partial charge in [0.2, 0.25) is 4.96 Å². The number of rotatable bonds is 4. The van der Waals surface area contributed by atoms with Crippen LogP contribution >= 0.6 is 11.3 Å². The number of amides is 1. The first-order valence-electron chi connectivity index (χ1n) is 9.30. The molecule has 0 unspecified atom stereocenters. The second kappa shape index (κ2) is 7.23. The molecule has 5 aromatic rings. The van der Waals surface area contributed by atoms with E-state index in [4.69, 9.17) is 4.74 Å². The lowest BCUT2D eigenvalue weighted by Crippen LogP contribution is -2.13. The number of benzene rings is 3. The van der Waals surface area contributed by atoms with Gasteiger partial charge in [-0.3, -0.25) is 4.79 Å². The number of aromatic nitrogens is 4. The van der Waals surface area contributed by atoms with Crippen molar-refractivity contribution in [2.24, 2.45) is 0 Å². The Kier molecular flexibility index (Phi) is 4.40. The van der Waals surface area contributed by atoms with Crippen LogP contribution in [0, 0.1) is 6.92 Å². The van der Waals surface area contributed by atoms with Gasteiger partial charge in [0.15, 0.2) is 5.82 Å². The van der Waals surface area contributed by atoms with Gasteiger partial charge in [-0.15, -0.1) is 10.2 Å². The third-order valence-corrected chi connectivity index (χ3v) is 5.77. The highest BCUT2D eigenvalue weighted by molar-refractivity contribution is 7.19. The van der Waals surface area contributed by atoms with Crippen LogP contribution in [0.1, 0.15) is 16.2 Å². The number of carbonyl (C=O) groups excluding carboxylic acids is 1. The Morgan fingerprint density at radius 2 is 1.83 bits per heavy atom. The third kappa shape index (κ3) is 3.17. The van der Waals surface area contributed by atoms with Crippen LogP contribution in [0.2, 0.25) is 0 Å². The molecule has 2 heterocycles. The van der Waals surface area contributed by atoms with Crippen LogP contribution < -0.4 is 10.1 Å². The predicted molar refractivity (Wildman–Crippen MR) is 117 cm³/mol. The molecule has 0 spiro atoms. The summed E-state index contributed by atoms with van der Waals surface area (Å²) < 4.78 is 7.17. The lowest BCUT2D eigenvalue weighted by molar-refractivity contribution is 0.102. The summed E-state index contributed by atoms with van der Waals surface area (Å²) in [5, 5.41) is 18.5. The molecule has 0 aliphatic carbocycles. The van der Waals surface area contributed by atoms with Crippen molar-refractivity contribution in [2.75, 3.05) is 12.4 Å². The Hall–Kier alpha value is -3.78. The monoisotopic (exact) mass is 415 g/mol. The molecule has 0 atom stereocenters. The summed E-state index contributed by atoms with van der Waals surface area (Å²) >= 11 is 1.45. The van der Waals surface area contributed by atoms with E-state index in [1.807, 2.05) is 67.6 Å². The van der Waals surface area contributed by atoms with E-state index in [0.29, 0.717) is 17.0 Å². The number of ether oxygens (including phenoxy) is 1. The number of methoxy groups -OCH3 is 1. The van der Waals surface area contributed by atoms with Gasteiger partial charge in [-0.1, -0.05) is 47.7 Å². The standard InChI is InChI=1S/C22H17N5O2S/c1-13-24-25-22-27(13)26-21(30-22)16-8-5-9-17(10-16)23-20(28)18-11-14-6-3-4-7-15(14)12-19(18)29-2/h3-12H,1-2H3,(H,23,28). The van der Waals surface area contributed by atoms with Crippen LogP contribution in [0.3, 0.4) is 0 Å². The van der Waals surface area contributed by atoms with E-state index in [1.165, 1.54) is 11.3 Å². The van der Waals surface area contributed by atoms with Gasteiger partial charge >= 0.3 is 0 Å². The highest BCUT2D eigenvalue weighted by Gasteiger charge is 2.15. The average molecular weight is 415 g/mol. The van der Waals surface area contributed by atoms with Crippen molar-refractivity contribution in [3.05, 3.63) is 72.1 Å². The molecule has 30 heavy (non-hydrogen) atoms. The Labute approximate surface area is 176 Å². The van der Waals surface area contributed by atoms with Crippen molar-refractivity contribution >= 4 is 38.7 Å². The fourth-order valence-electron chi connectivity index (χ4n) is 3.33. The first kappa shape index (κ1) is 18.3. The van der Waals surface area contributed by atoms with Gasteiger partial charge in [-0.05, 0) is 42.0 Å². The highest BCUT2D eigenvalue weighted by Crippen LogP contribution is 2.29. The summed E-state index contributed by atoms with van der Waals surface area (Å²) in [5.41, 5.74) is 2.06. The van der Waals surface area contributed by atoms with Crippen molar-refractivity contribution < 1.29 is 9.53 Å². The molecule has 3 aromatic carbocycles. The predicted octanol–water partition coefficient (Wildman–Crippen LogP) is 4.58. The fraction of sp³-hybridized carbons (Fsp3) is 0.0909. The van der Waals surface area contributed by atoms with Crippen LogP contribution in [0.5, 0.6) is 5.75 Å². The van der Waals surface area contributed by atoms with E-state index in [0.717, 1.165) is 32.1 Å². The summed E-state index contributed by atoms with van der Waals surface area (Å²) in [5.74, 6) is 1.04. The summed E-state index contributed by atoms with van der Waals surface area (Å²) in [4.78, 5) is 13.7. The Morgan fingerprint density at radius 1 is 1.03 bits per heavy atom. The number of hydrogen-bond acceptors (Lipinski definition) is 6. The zero-order valence-corrected chi connectivity index (χ0v) is 17.1. The molecule has 0 bridgehead atoms. The smallest absolute Gasteiger partial charge is 0.259 e. The minimum atomic E-state index is -0.233. The molecule has 5 rings (SSSR count). The molecule has 0 aliphatic heterocycles. The minimum Gasteiger partial charge on any atom is -0.496 e. The van der Waals surface area contributed by atoms with E-state index in [2.05, 4.69) is 20.6 Å². The Bertz CT molecular complexity index is 1410. The molecule has 8 heteroatoms. The molecule has 0 saturated carbocycles. The van der Waals surface area contributed by atoms with Crippen LogP contribution in [-0.2, 0) is 0 Å². The maximum absolute atomic E-state index is 13.0. The van der Waals surface area contributed by atoms with Gasteiger partial charge in [-0.25, -0.2) is 0 Å². The summed E-state index contributed by atoms with van der Waals surface area (Å²) in [6, 6.07) is 19.2. The molecule has 1 N–H and O–H groups in total. The van der Waals surface area contributed by atoms with Crippen molar-refractivity contribution in [1.29, 1.82) is 0 Å². The highest BCUT2D eigenvalue weighted by atomic mass is 32.1. The molecule has 0 saturated heterocycles. The molecule has 7 nitrogen and oxygen atoms in total. The minimum absolute atomic E-state index is 0.233. The largest absolute Gasteiger partial charge is 0.496 e. The number of nitrogens with one attached hydrogen (secondary N) is 1. The van der Waals surface area contributed by atoms with Crippen LogP contribution in [0.25, 0.3) is 26.3 Å². The summed E-state index contributed by atoms with van der Waals surface area (Å²) in [6.45, 7) is 1.86. The molecule has 0 fully saturated rings. The van der Waals surface area contributed by atoms with Crippen LogP contribution in [0.4, 0.5) is 5.69 Å². The van der Waals surface area contributed by atoms with Crippen molar-refractivity contribution in [3.8, 4) is 16.3 Å². The van der Waals surface area contributed by atoms with Gasteiger partial charge in [0, 0.05) is 11.3 Å². The Balaban J connectivity index is 1.46. The number of aryl methyl sites for hydroxylation is 1. The van der Waals surface area contributed by atoms with E-state index in [-0.39, 0.29) is 5.91 Å². The summed E-state index contributed by atoms with van der Waals surface area (Å²) in [6.07, 6.45) is 0. The van der Waals surface area contributed by atoms with Crippen molar-refractivity contribution in [3.63, 3.8) is 0 Å². The fourth-order valence-corrected chi connectivity index (χ4v) is 4.21. The van der Waals surface area contributed by atoms with Gasteiger partial charge in [0.1, 0.15) is 10.8 Å². The van der Waals surface area contributed by atoms with Gasteiger partial charge in [-0.2, -0.15) is 9.61 Å². The topological polar surface area (TPSA) is 81.4 Å². The van der Waals surface area contributed by atoms with Crippen LogP contribution in [-0.4, -0.2) is 32.8 Å².